The summed E-state index contributed by atoms with van der Waals surface area (Å²) in [6, 6.07) is 22.1. The Morgan fingerprint density at radius 3 is 2.22 bits per heavy atom. The van der Waals surface area contributed by atoms with Gasteiger partial charge in [-0.25, -0.2) is 4.79 Å². The van der Waals surface area contributed by atoms with E-state index in [0.717, 1.165) is 78.5 Å². The standard InChI is InChI=1S/C40H43N3O7S/c1-49-21-22-50-25-35(44)43(32-19-20-32)24-28-5-4-6-30(23-28)37(45)42-39-36(33-7-2-3-8-34(33)51-39)38(46)41-31-17-13-27(14-18-31)10-9-26-11-15-29(16-12-26)40(47)48/h4-6,11-18,23,32H,2-3,7-10,19-22,24-25H2,1H3,(H,41,46)(H,42,45)(H,47,48). The second-order valence-electron chi connectivity index (χ2n) is 13.0. The molecule has 11 heteroatoms. The summed E-state index contributed by atoms with van der Waals surface area (Å²) in [7, 11) is 1.59. The number of hydrogen-bond donors (Lipinski definition) is 3. The molecule has 10 nitrogen and oxygen atoms in total. The summed E-state index contributed by atoms with van der Waals surface area (Å²) in [6.07, 6.45) is 7.13. The van der Waals surface area contributed by atoms with Crippen molar-refractivity contribution in [3.63, 3.8) is 0 Å². The van der Waals surface area contributed by atoms with Crippen LogP contribution < -0.4 is 10.6 Å². The molecule has 3 aromatic carbocycles. The van der Waals surface area contributed by atoms with Gasteiger partial charge in [0.15, 0.2) is 0 Å². The maximum absolute atomic E-state index is 13.8. The lowest BCUT2D eigenvalue weighted by Gasteiger charge is -2.23. The first-order valence-corrected chi connectivity index (χ1v) is 18.2. The number of thiophene rings is 1. The zero-order valence-corrected chi connectivity index (χ0v) is 29.6. The number of hydrogen-bond acceptors (Lipinski definition) is 7. The monoisotopic (exact) mass is 709 g/mol. The number of amides is 3. The Balaban J connectivity index is 1.11. The molecule has 0 atom stereocenters. The van der Waals surface area contributed by atoms with Crippen molar-refractivity contribution in [2.24, 2.45) is 0 Å². The molecule has 51 heavy (non-hydrogen) atoms. The number of benzene rings is 3. The highest BCUT2D eigenvalue weighted by Gasteiger charge is 2.33. The summed E-state index contributed by atoms with van der Waals surface area (Å²) in [5.74, 6) is -1.58. The summed E-state index contributed by atoms with van der Waals surface area (Å²) >= 11 is 1.47. The predicted molar refractivity (Wildman–Crippen MR) is 197 cm³/mol. The topological polar surface area (TPSA) is 134 Å². The number of carboxylic acid groups (broad SMARTS) is 1. The minimum Gasteiger partial charge on any atom is -0.478 e. The van der Waals surface area contributed by atoms with Crippen LogP contribution in [-0.4, -0.2) is 66.7 Å². The largest absolute Gasteiger partial charge is 0.478 e. The Bertz CT molecular complexity index is 1870. The molecule has 2 aliphatic rings. The number of nitrogens with one attached hydrogen (secondary N) is 2. The number of carbonyl (C=O) groups excluding carboxylic acids is 3. The molecule has 0 spiro atoms. The first-order valence-electron chi connectivity index (χ1n) is 17.4. The Morgan fingerprint density at radius 1 is 0.824 bits per heavy atom. The molecule has 6 rings (SSSR count). The van der Waals surface area contributed by atoms with Crippen LogP contribution >= 0.6 is 11.3 Å². The van der Waals surface area contributed by atoms with Crippen LogP contribution in [0.5, 0.6) is 0 Å². The van der Waals surface area contributed by atoms with Gasteiger partial charge >= 0.3 is 5.97 Å². The lowest BCUT2D eigenvalue weighted by molar-refractivity contribution is -0.137. The molecule has 1 aromatic heterocycles. The maximum atomic E-state index is 13.8. The van der Waals surface area contributed by atoms with Crippen LogP contribution in [0.2, 0.25) is 0 Å². The molecular weight excluding hydrogens is 667 g/mol. The number of methoxy groups -OCH3 is 1. The van der Waals surface area contributed by atoms with Crippen LogP contribution in [0.15, 0.2) is 72.8 Å². The van der Waals surface area contributed by atoms with E-state index in [1.807, 2.05) is 59.5 Å². The van der Waals surface area contributed by atoms with Gasteiger partial charge in [-0.15, -0.1) is 11.3 Å². The third-order valence-corrected chi connectivity index (χ3v) is 10.5. The average Bonchev–Trinajstić information content (AvgIpc) is 3.92. The van der Waals surface area contributed by atoms with E-state index in [1.165, 1.54) is 11.3 Å². The fraction of sp³-hybridized carbons (Fsp3) is 0.350. The molecule has 266 valence electrons. The van der Waals surface area contributed by atoms with Crippen molar-refractivity contribution in [1.82, 2.24) is 4.90 Å². The molecule has 0 aliphatic heterocycles. The zero-order valence-electron chi connectivity index (χ0n) is 28.7. The van der Waals surface area contributed by atoms with E-state index in [2.05, 4.69) is 10.6 Å². The SMILES string of the molecule is COCCOCC(=O)N(Cc1cccc(C(=O)Nc2sc3c(c2C(=O)Nc2ccc(CCc4ccc(C(=O)O)cc4)cc2)CCCC3)c1)C1CC1. The van der Waals surface area contributed by atoms with Crippen LogP contribution in [0.1, 0.15) is 83.9 Å². The normalized spacial score (nSPS) is 13.7. The molecule has 3 N–H and O–H groups in total. The lowest BCUT2D eigenvalue weighted by Crippen LogP contribution is -2.35. The molecule has 1 heterocycles. The number of fused-ring (bicyclic) bond motifs is 1. The Hall–Kier alpha value is -4.84. The van der Waals surface area contributed by atoms with E-state index < -0.39 is 5.97 Å². The predicted octanol–water partition coefficient (Wildman–Crippen LogP) is 6.77. The van der Waals surface area contributed by atoms with Crippen LogP contribution in [0.25, 0.3) is 0 Å². The molecule has 2 aliphatic carbocycles. The van der Waals surface area contributed by atoms with E-state index in [0.29, 0.717) is 41.6 Å². The molecule has 0 radical (unpaired) electrons. The average molecular weight is 710 g/mol. The number of ether oxygens (including phenoxy) is 2. The fourth-order valence-corrected chi connectivity index (χ4v) is 7.60. The third-order valence-electron chi connectivity index (χ3n) is 9.25. The van der Waals surface area contributed by atoms with E-state index >= 15 is 0 Å². The highest BCUT2D eigenvalue weighted by atomic mass is 32.1. The number of carboxylic acids is 1. The highest BCUT2D eigenvalue weighted by molar-refractivity contribution is 7.17. The number of carbonyl (C=O) groups is 4. The van der Waals surface area contributed by atoms with Crippen molar-refractivity contribution in [1.29, 1.82) is 0 Å². The minimum atomic E-state index is -0.940. The maximum Gasteiger partial charge on any atom is 0.335 e. The molecule has 0 saturated heterocycles. The van der Waals surface area contributed by atoms with Crippen LogP contribution in [-0.2, 0) is 46.5 Å². The summed E-state index contributed by atoms with van der Waals surface area (Å²) < 4.78 is 10.5. The molecule has 0 unspecified atom stereocenters. The van der Waals surface area contributed by atoms with Gasteiger partial charge in [-0.2, -0.15) is 0 Å². The van der Waals surface area contributed by atoms with Crippen molar-refractivity contribution in [3.8, 4) is 0 Å². The van der Waals surface area contributed by atoms with Gasteiger partial charge in [0, 0.05) is 35.8 Å². The second-order valence-corrected chi connectivity index (χ2v) is 14.1. The summed E-state index contributed by atoms with van der Waals surface area (Å²) in [4.78, 5) is 54.5. The summed E-state index contributed by atoms with van der Waals surface area (Å²) in [5, 5.41) is 15.8. The van der Waals surface area contributed by atoms with Gasteiger partial charge in [0.1, 0.15) is 11.6 Å². The fourth-order valence-electron chi connectivity index (χ4n) is 6.32. The van der Waals surface area contributed by atoms with E-state index in [1.54, 1.807) is 25.3 Å². The molecule has 1 saturated carbocycles. The first-order chi connectivity index (χ1) is 24.8. The number of aryl methyl sites for hydroxylation is 3. The number of rotatable bonds is 16. The number of anilines is 2. The molecule has 3 amide bonds. The van der Waals surface area contributed by atoms with E-state index in [-0.39, 0.29) is 35.9 Å². The second kappa shape index (κ2) is 16.9. The Morgan fingerprint density at radius 2 is 1.53 bits per heavy atom. The summed E-state index contributed by atoms with van der Waals surface area (Å²) in [6.45, 7) is 1.15. The van der Waals surface area contributed by atoms with Gasteiger partial charge in [0.05, 0.1) is 24.3 Å². The van der Waals surface area contributed by atoms with Crippen LogP contribution in [0.4, 0.5) is 10.7 Å². The van der Waals surface area contributed by atoms with Crippen molar-refractivity contribution >= 4 is 45.7 Å². The van der Waals surface area contributed by atoms with Crippen molar-refractivity contribution in [3.05, 3.63) is 117 Å². The molecular formula is C40H43N3O7S. The van der Waals surface area contributed by atoms with E-state index in [9.17, 15) is 19.2 Å². The lowest BCUT2D eigenvalue weighted by atomic mass is 9.95. The molecule has 1 fully saturated rings. The first kappa shape index (κ1) is 36.0. The van der Waals surface area contributed by atoms with Crippen molar-refractivity contribution in [2.75, 3.05) is 37.6 Å². The summed E-state index contributed by atoms with van der Waals surface area (Å²) in [5.41, 5.74) is 5.91. The van der Waals surface area contributed by atoms with E-state index in [4.69, 9.17) is 14.6 Å². The van der Waals surface area contributed by atoms with Gasteiger partial charge in [0.2, 0.25) is 5.91 Å². The molecule has 0 bridgehead atoms. The Labute approximate surface area is 301 Å². The van der Waals surface area contributed by atoms with Gasteiger partial charge < -0.3 is 30.1 Å². The van der Waals surface area contributed by atoms with Gasteiger partial charge in [0.25, 0.3) is 11.8 Å². The van der Waals surface area contributed by atoms with Crippen LogP contribution in [0, 0.1) is 0 Å². The van der Waals surface area contributed by atoms with Crippen LogP contribution in [0.3, 0.4) is 0 Å². The minimum absolute atomic E-state index is 0.00938. The van der Waals surface area contributed by atoms with Gasteiger partial charge in [-0.1, -0.05) is 36.4 Å². The number of aromatic carboxylic acids is 1. The van der Waals surface area contributed by atoms with Gasteiger partial charge in [-0.05, 0) is 110 Å². The highest BCUT2D eigenvalue weighted by Crippen LogP contribution is 2.39. The number of nitrogens with zero attached hydrogens (tertiary/aromatic N) is 1. The van der Waals surface area contributed by atoms with Crippen molar-refractivity contribution in [2.45, 2.75) is 64.0 Å². The zero-order chi connectivity index (χ0) is 35.7. The smallest absolute Gasteiger partial charge is 0.335 e. The quantitative estimate of drug-likeness (QED) is 0.109. The van der Waals surface area contributed by atoms with Gasteiger partial charge in [-0.3, -0.25) is 14.4 Å². The third kappa shape index (κ3) is 9.49. The Kier molecular flexibility index (Phi) is 11.9. The molecule has 4 aromatic rings. The van der Waals surface area contributed by atoms with Crippen molar-refractivity contribution < 1.29 is 33.8 Å².